The Balaban J connectivity index is 2.00. The van der Waals surface area contributed by atoms with Gasteiger partial charge in [-0.25, -0.2) is 17.9 Å². The monoisotopic (exact) mass is 412 g/mol. The zero-order chi connectivity index (χ0) is 20.0. The summed E-state index contributed by atoms with van der Waals surface area (Å²) in [4.78, 5) is 23.0. The van der Waals surface area contributed by atoms with Crippen molar-refractivity contribution in [2.75, 3.05) is 18.5 Å². The van der Waals surface area contributed by atoms with Gasteiger partial charge in [-0.1, -0.05) is 11.6 Å². The van der Waals surface area contributed by atoms with E-state index < -0.39 is 34.4 Å². The average molecular weight is 413 g/mol. The molecule has 0 fully saturated rings. The zero-order valence-corrected chi connectivity index (χ0v) is 15.5. The molecule has 8 nitrogen and oxygen atoms in total. The van der Waals surface area contributed by atoms with Gasteiger partial charge in [-0.3, -0.25) is 4.79 Å². The van der Waals surface area contributed by atoms with Gasteiger partial charge in [0.1, 0.15) is 0 Å². The molecule has 2 aromatic rings. The van der Waals surface area contributed by atoms with Crippen LogP contribution < -0.4 is 10.0 Å². The van der Waals surface area contributed by atoms with Gasteiger partial charge in [0.2, 0.25) is 15.9 Å². The average Bonchev–Trinajstić information content (AvgIpc) is 2.63. The third kappa shape index (κ3) is 5.76. The summed E-state index contributed by atoms with van der Waals surface area (Å²) in [6.07, 6.45) is 0. The number of aromatic carboxylic acids is 1. The van der Waals surface area contributed by atoms with E-state index in [-0.39, 0.29) is 17.0 Å². The normalized spacial score (nSPS) is 12.4. The number of halogens is 1. The number of aliphatic hydroxyl groups excluding tert-OH is 1. The van der Waals surface area contributed by atoms with E-state index in [0.29, 0.717) is 10.7 Å². The number of aliphatic hydroxyl groups is 1. The van der Waals surface area contributed by atoms with Crippen molar-refractivity contribution in [2.45, 2.75) is 4.90 Å². The van der Waals surface area contributed by atoms with E-state index in [1.807, 2.05) is 0 Å². The summed E-state index contributed by atoms with van der Waals surface area (Å²) in [6.45, 7) is -0.900. The maximum atomic E-state index is 12.2. The van der Waals surface area contributed by atoms with Crippen LogP contribution in [0.2, 0.25) is 5.02 Å². The van der Waals surface area contributed by atoms with E-state index in [1.54, 1.807) is 0 Å². The van der Waals surface area contributed by atoms with Gasteiger partial charge in [-0.2, -0.15) is 0 Å². The molecule has 144 valence electrons. The standard InChI is InChI=1S/C17H17ClN2O6S/c18-13-3-7-15(8-4-13)27(25,26)19-9-12(10-21)16(22)20-14-5-1-11(2-6-14)17(23)24/h1-8,12,19,21H,9-10H2,(H,20,22)(H,23,24)/t12-/m0/s1. The molecule has 27 heavy (non-hydrogen) atoms. The van der Waals surface area contributed by atoms with Crippen LogP contribution in [0.25, 0.3) is 0 Å². The highest BCUT2D eigenvalue weighted by atomic mass is 35.5. The number of hydrogen-bond acceptors (Lipinski definition) is 5. The molecule has 0 aromatic heterocycles. The minimum Gasteiger partial charge on any atom is -0.478 e. The van der Waals surface area contributed by atoms with Gasteiger partial charge < -0.3 is 15.5 Å². The smallest absolute Gasteiger partial charge is 0.335 e. The van der Waals surface area contributed by atoms with Gasteiger partial charge in [0.05, 0.1) is 23.0 Å². The van der Waals surface area contributed by atoms with E-state index >= 15 is 0 Å². The number of hydrogen-bond donors (Lipinski definition) is 4. The van der Waals surface area contributed by atoms with Crippen LogP contribution in [0.5, 0.6) is 0 Å². The lowest BCUT2D eigenvalue weighted by Crippen LogP contribution is -2.37. The van der Waals surface area contributed by atoms with Crippen LogP contribution in [-0.4, -0.2) is 43.7 Å². The van der Waals surface area contributed by atoms with Crippen LogP contribution >= 0.6 is 11.6 Å². The van der Waals surface area contributed by atoms with Gasteiger partial charge in [0.25, 0.3) is 0 Å². The molecular weight excluding hydrogens is 396 g/mol. The number of carboxylic acids is 1. The Hall–Kier alpha value is -2.46. The fourth-order valence-corrected chi connectivity index (χ4v) is 3.30. The fourth-order valence-electron chi connectivity index (χ4n) is 2.09. The third-order valence-corrected chi connectivity index (χ3v) is 5.33. The van der Waals surface area contributed by atoms with Crippen molar-refractivity contribution in [1.29, 1.82) is 0 Å². The summed E-state index contributed by atoms with van der Waals surface area (Å²) in [5.41, 5.74) is 0.381. The molecule has 0 heterocycles. The van der Waals surface area contributed by atoms with Crippen molar-refractivity contribution in [3.63, 3.8) is 0 Å². The van der Waals surface area contributed by atoms with Crippen molar-refractivity contribution < 1.29 is 28.2 Å². The summed E-state index contributed by atoms with van der Waals surface area (Å²) < 4.78 is 26.7. The Bertz CT molecular complexity index is 913. The second-order valence-corrected chi connectivity index (χ2v) is 7.76. The Kier molecular flexibility index (Phi) is 6.92. The van der Waals surface area contributed by atoms with Crippen LogP contribution in [0.4, 0.5) is 5.69 Å². The number of carbonyl (C=O) groups is 2. The van der Waals surface area contributed by atoms with Crippen LogP contribution in [0, 0.1) is 5.92 Å². The molecule has 0 aliphatic rings. The molecule has 1 amide bonds. The van der Waals surface area contributed by atoms with Crippen LogP contribution in [0.1, 0.15) is 10.4 Å². The predicted molar refractivity (Wildman–Crippen MR) is 99.2 cm³/mol. The van der Waals surface area contributed by atoms with Gasteiger partial charge in [0.15, 0.2) is 0 Å². The number of anilines is 1. The molecule has 2 aromatic carbocycles. The van der Waals surface area contributed by atoms with E-state index in [0.717, 1.165) is 0 Å². The molecule has 0 saturated heterocycles. The zero-order valence-electron chi connectivity index (χ0n) is 13.9. The molecule has 1 atom stereocenters. The first-order valence-corrected chi connectivity index (χ1v) is 9.59. The molecule has 0 unspecified atom stereocenters. The topological polar surface area (TPSA) is 133 Å². The Morgan fingerprint density at radius 1 is 1.04 bits per heavy atom. The number of sulfonamides is 1. The number of carboxylic acid groups (broad SMARTS) is 1. The summed E-state index contributed by atoms with van der Waals surface area (Å²) in [6, 6.07) is 10.9. The number of rotatable bonds is 8. The Morgan fingerprint density at radius 3 is 2.15 bits per heavy atom. The highest BCUT2D eigenvalue weighted by Gasteiger charge is 2.22. The van der Waals surface area contributed by atoms with E-state index in [1.165, 1.54) is 48.5 Å². The number of amides is 1. The number of carbonyl (C=O) groups excluding carboxylic acids is 1. The molecule has 0 bridgehead atoms. The van der Waals surface area contributed by atoms with Gasteiger partial charge in [-0.05, 0) is 48.5 Å². The Labute approximate surface area is 160 Å². The van der Waals surface area contributed by atoms with E-state index in [4.69, 9.17) is 16.7 Å². The summed E-state index contributed by atoms with van der Waals surface area (Å²) >= 11 is 5.72. The maximum Gasteiger partial charge on any atom is 0.335 e. The molecule has 0 spiro atoms. The summed E-state index contributed by atoms with van der Waals surface area (Å²) in [5.74, 6) is -2.75. The molecule has 2 rings (SSSR count). The minimum atomic E-state index is -3.87. The lowest BCUT2D eigenvalue weighted by molar-refractivity contribution is -0.120. The van der Waals surface area contributed by atoms with Crippen LogP contribution in [-0.2, 0) is 14.8 Å². The maximum absolute atomic E-state index is 12.2. The van der Waals surface area contributed by atoms with E-state index in [2.05, 4.69) is 10.0 Å². The van der Waals surface area contributed by atoms with Crippen molar-refractivity contribution in [1.82, 2.24) is 4.72 Å². The van der Waals surface area contributed by atoms with Gasteiger partial charge >= 0.3 is 5.97 Å². The molecule has 0 aliphatic heterocycles. The first-order chi connectivity index (χ1) is 12.7. The minimum absolute atomic E-state index is 0.0201. The molecular formula is C17H17ClN2O6S. The quantitative estimate of drug-likeness (QED) is 0.520. The highest BCUT2D eigenvalue weighted by molar-refractivity contribution is 7.89. The second-order valence-electron chi connectivity index (χ2n) is 5.56. The molecule has 0 saturated carbocycles. The van der Waals surface area contributed by atoms with Gasteiger partial charge in [0, 0.05) is 17.3 Å². The van der Waals surface area contributed by atoms with Gasteiger partial charge in [-0.15, -0.1) is 0 Å². The first kappa shape index (κ1) is 20.8. The van der Waals surface area contributed by atoms with Crippen LogP contribution in [0.3, 0.4) is 0 Å². The lowest BCUT2D eigenvalue weighted by Gasteiger charge is -2.15. The molecule has 0 aliphatic carbocycles. The SMILES string of the molecule is O=C(O)c1ccc(NC(=O)[C@H](CO)CNS(=O)(=O)c2ccc(Cl)cc2)cc1. The largest absolute Gasteiger partial charge is 0.478 e. The Morgan fingerprint density at radius 2 is 1.63 bits per heavy atom. The van der Waals surface area contributed by atoms with Crippen molar-refractivity contribution in [3.8, 4) is 0 Å². The molecule has 0 radical (unpaired) electrons. The highest BCUT2D eigenvalue weighted by Crippen LogP contribution is 2.15. The third-order valence-electron chi connectivity index (χ3n) is 3.63. The fraction of sp³-hybridized carbons (Fsp3) is 0.176. The number of benzene rings is 2. The van der Waals surface area contributed by atoms with E-state index in [9.17, 15) is 23.1 Å². The van der Waals surface area contributed by atoms with Crippen molar-refractivity contribution >= 4 is 39.2 Å². The summed E-state index contributed by atoms with van der Waals surface area (Å²) in [7, 11) is -3.87. The second kappa shape index (κ2) is 8.96. The van der Waals surface area contributed by atoms with Crippen molar-refractivity contribution in [3.05, 3.63) is 59.1 Å². The predicted octanol–water partition coefficient (Wildman–Crippen LogP) is 1.56. The molecule has 10 heteroatoms. The molecule has 4 N–H and O–H groups in total. The first-order valence-electron chi connectivity index (χ1n) is 7.73. The van der Waals surface area contributed by atoms with Crippen molar-refractivity contribution in [2.24, 2.45) is 5.92 Å². The lowest BCUT2D eigenvalue weighted by atomic mass is 10.1. The van der Waals surface area contributed by atoms with Crippen LogP contribution in [0.15, 0.2) is 53.4 Å². The number of nitrogens with one attached hydrogen (secondary N) is 2. The summed E-state index contributed by atoms with van der Waals surface area (Å²) in [5, 5.41) is 21.1.